The van der Waals surface area contributed by atoms with E-state index in [9.17, 15) is 9.59 Å². The largest absolute Gasteiger partial charge is 0.452 e. The lowest BCUT2D eigenvalue weighted by molar-refractivity contribution is -0.135. The average Bonchev–Trinajstić information content (AvgIpc) is 2.59. The van der Waals surface area contributed by atoms with Crippen molar-refractivity contribution in [3.63, 3.8) is 0 Å². The number of hydrogen-bond acceptors (Lipinski definition) is 4. The Morgan fingerprint density at radius 1 is 1.09 bits per heavy atom. The summed E-state index contributed by atoms with van der Waals surface area (Å²) in [4.78, 5) is 29.5. The Morgan fingerprint density at radius 2 is 1.82 bits per heavy atom. The molecule has 0 bridgehead atoms. The molecule has 1 aromatic heterocycles. The molecule has 0 saturated carbocycles. The molecule has 0 atom stereocenters. The highest BCUT2D eigenvalue weighted by atomic mass is 16.5. The molecule has 112 valence electrons. The van der Waals surface area contributed by atoms with Gasteiger partial charge in [0.2, 0.25) is 0 Å². The highest BCUT2D eigenvalue weighted by molar-refractivity contribution is 5.91. The number of carbonyl (C=O) groups is 2. The summed E-state index contributed by atoms with van der Waals surface area (Å²) >= 11 is 0. The summed E-state index contributed by atoms with van der Waals surface area (Å²) in [6, 6.07) is 11.2. The van der Waals surface area contributed by atoms with Gasteiger partial charge in [0.25, 0.3) is 5.91 Å². The van der Waals surface area contributed by atoms with E-state index in [4.69, 9.17) is 4.74 Å². The summed E-state index contributed by atoms with van der Waals surface area (Å²) in [5.41, 5.74) is 2.83. The van der Waals surface area contributed by atoms with Crippen molar-refractivity contribution in [2.75, 3.05) is 13.2 Å². The zero-order chi connectivity index (χ0) is 15.4. The summed E-state index contributed by atoms with van der Waals surface area (Å²) in [7, 11) is 0. The van der Waals surface area contributed by atoms with Crippen LogP contribution in [-0.2, 0) is 22.5 Å². The quantitative estimate of drug-likeness (QED) is 0.811. The Labute approximate surface area is 128 Å². The van der Waals surface area contributed by atoms with E-state index in [1.165, 1.54) is 18.0 Å². The molecule has 22 heavy (non-hydrogen) atoms. The molecule has 1 aromatic carbocycles. The molecular formula is C17H16N2O3. The summed E-state index contributed by atoms with van der Waals surface area (Å²) in [6.07, 6.45) is 3.86. The molecule has 3 rings (SSSR count). The first-order chi connectivity index (χ1) is 10.7. The molecule has 5 nitrogen and oxygen atoms in total. The third-order valence-electron chi connectivity index (χ3n) is 3.73. The maximum absolute atomic E-state index is 12.2. The van der Waals surface area contributed by atoms with Crippen LogP contribution in [0.4, 0.5) is 0 Å². The molecule has 0 aliphatic carbocycles. The predicted molar refractivity (Wildman–Crippen MR) is 80.1 cm³/mol. The smallest absolute Gasteiger partial charge is 0.338 e. The minimum absolute atomic E-state index is 0.170. The number of rotatable bonds is 3. The Balaban J connectivity index is 1.56. The standard InChI is InChI=1S/C17H16N2O3/c20-16(12-22-17(21)14-5-8-18-9-6-14)19-10-7-13-3-1-2-4-15(13)11-19/h1-6,8-9H,7,10-12H2. The van der Waals surface area contributed by atoms with Crippen LogP contribution in [0.5, 0.6) is 0 Å². The van der Waals surface area contributed by atoms with Gasteiger partial charge in [-0.05, 0) is 29.7 Å². The second kappa shape index (κ2) is 6.39. The third kappa shape index (κ3) is 3.14. The number of benzene rings is 1. The van der Waals surface area contributed by atoms with Crippen molar-refractivity contribution in [1.82, 2.24) is 9.88 Å². The van der Waals surface area contributed by atoms with E-state index in [-0.39, 0.29) is 12.5 Å². The van der Waals surface area contributed by atoms with Gasteiger partial charge in [0, 0.05) is 25.5 Å². The Morgan fingerprint density at radius 3 is 2.59 bits per heavy atom. The number of amides is 1. The van der Waals surface area contributed by atoms with Gasteiger partial charge in [-0.15, -0.1) is 0 Å². The van der Waals surface area contributed by atoms with Gasteiger partial charge in [-0.1, -0.05) is 24.3 Å². The van der Waals surface area contributed by atoms with Crippen molar-refractivity contribution in [3.8, 4) is 0 Å². The average molecular weight is 296 g/mol. The van der Waals surface area contributed by atoms with Crippen LogP contribution in [0, 0.1) is 0 Å². The predicted octanol–water partition coefficient (Wildman–Crippen LogP) is 1.82. The van der Waals surface area contributed by atoms with E-state index >= 15 is 0 Å². The minimum atomic E-state index is -0.506. The van der Waals surface area contributed by atoms with Crippen LogP contribution in [-0.4, -0.2) is 34.9 Å². The van der Waals surface area contributed by atoms with Crippen molar-refractivity contribution in [2.45, 2.75) is 13.0 Å². The van der Waals surface area contributed by atoms with E-state index in [0.717, 1.165) is 12.0 Å². The van der Waals surface area contributed by atoms with Crippen LogP contribution in [0.1, 0.15) is 21.5 Å². The minimum Gasteiger partial charge on any atom is -0.452 e. The van der Waals surface area contributed by atoms with E-state index in [0.29, 0.717) is 18.7 Å². The first-order valence-corrected chi connectivity index (χ1v) is 7.16. The third-order valence-corrected chi connectivity index (χ3v) is 3.73. The van der Waals surface area contributed by atoms with Crippen molar-refractivity contribution in [1.29, 1.82) is 0 Å². The second-order valence-electron chi connectivity index (χ2n) is 5.15. The molecule has 0 unspecified atom stereocenters. The number of aromatic nitrogens is 1. The van der Waals surface area contributed by atoms with Crippen molar-refractivity contribution in [2.24, 2.45) is 0 Å². The van der Waals surface area contributed by atoms with E-state index in [2.05, 4.69) is 11.1 Å². The topological polar surface area (TPSA) is 59.5 Å². The molecular weight excluding hydrogens is 280 g/mol. The van der Waals surface area contributed by atoms with Crippen LogP contribution in [0.25, 0.3) is 0 Å². The normalized spacial score (nSPS) is 13.4. The highest BCUT2D eigenvalue weighted by Crippen LogP contribution is 2.18. The number of pyridine rings is 1. The number of nitrogens with zero attached hydrogens (tertiary/aromatic N) is 2. The van der Waals surface area contributed by atoms with Gasteiger partial charge in [0.15, 0.2) is 6.61 Å². The molecule has 0 spiro atoms. The zero-order valence-corrected chi connectivity index (χ0v) is 12.1. The van der Waals surface area contributed by atoms with E-state index in [1.807, 2.05) is 18.2 Å². The Hall–Kier alpha value is -2.69. The zero-order valence-electron chi connectivity index (χ0n) is 12.1. The summed E-state index contributed by atoms with van der Waals surface area (Å²) in [5, 5.41) is 0. The molecule has 1 amide bonds. The fourth-order valence-corrected chi connectivity index (χ4v) is 2.50. The van der Waals surface area contributed by atoms with Gasteiger partial charge < -0.3 is 9.64 Å². The number of hydrogen-bond donors (Lipinski definition) is 0. The van der Waals surface area contributed by atoms with Gasteiger partial charge in [0.05, 0.1) is 5.56 Å². The molecule has 2 aromatic rings. The number of fused-ring (bicyclic) bond motifs is 1. The summed E-state index contributed by atoms with van der Waals surface area (Å²) < 4.78 is 5.07. The first kappa shape index (κ1) is 14.3. The maximum atomic E-state index is 12.2. The molecule has 0 fully saturated rings. The van der Waals surface area contributed by atoms with Gasteiger partial charge >= 0.3 is 5.97 Å². The second-order valence-corrected chi connectivity index (χ2v) is 5.15. The lowest BCUT2D eigenvalue weighted by Crippen LogP contribution is -2.38. The van der Waals surface area contributed by atoms with Crippen LogP contribution in [0.3, 0.4) is 0 Å². The fourth-order valence-electron chi connectivity index (χ4n) is 2.50. The van der Waals surface area contributed by atoms with Crippen molar-refractivity contribution < 1.29 is 14.3 Å². The summed E-state index contributed by atoms with van der Waals surface area (Å²) in [5.74, 6) is -0.676. The number of esters is 1. The monoisotopic (exact) mass is 296 g/mol. The van der Waals surface area contributed by atoms with E-state index < -0.39 is 5.97 Å². The number of ether oxygens (including phenoxy) is 1. The molecule has 1 aliphatic rings. The van der Waals surface area contributed by atoms with Crippen LogP contribution >= 0.6 is 0 Å². The van der Waals surface area contributed by atoms with Gasteiger partial charge in [0.1, 0.15) is 0 Å². The highest BCUT2D eigenvalue weighted by Gasteiger charge is 2.21. The molecule has 0 radical (unpaired) electrons. The van der Waals surface area contributed by atoms with Crippen LogP contribution < -0.4 is 0 Å². The summed E-state index contributed by atoms with van der Waals surface area (Å²) in [6.45, 7) is 0.994. The molecule has 0 saturated heterocycles. The Kier molecular flexibility index (Phi) is 4.14. The molecule has 2 heterocycles. The van der Waals surface area contributed by atoms with Crippen LogP contribution in [0.15, 0.2) is 48.8 Å². The van der Waals surface area contributed by atoms with Gasteiger partial charge in [-0.25, -0.2) is 4.79 Å². The Bertz CT molecular complexity index is 685. The SMILES string of the molecule is O=C(OCC(=O)N1CCc2ccccc2C1)c1ccncc1. The molecule has 5 heteroatoms. The number of carbonyl (C=O) groups excluding carboxylic acids is 2. The van der Waals surface area contributed by atoms with Gasteiger partial charge in [-0.2, -0.15) is 0 Å². The fraction of sp³-hybridized carbons (Fsp3) is 0.235. The van der Waals surface area contributed by atoms with Gasteiger partial charge in [-0.3, -0.25) is 9.78 Å². The first-order valence-electron chi connectivity index (χ1n) is 7.16. The van der Waals surface area contributed by atoms with Crippen LogP contribution in [0.2, 0.25) is 0 Å². The lowest BCUT2D eigenvalue weighted by atomic mass is 10.00. The van der Waals surface area contributed by atoms with E-state index in [1.54, 1.807) is 17.0 Å². The van der Waals surface area contributed by atoms with Crippen molar-refractivity contribution >= 4 is 11.9 Å². The lowest BCUT2D eigenvalue weighted by Gasteiger charge is -2.28. The molecule has 1 aliphatic heterocycles. The maximum Gasteiger partial charge on any atom is 0.338 e. The molecule has 0 N–H and O–H groups in total. The van der Waals surface area contributed by atoms with Crippen molar-refractivity contribution in [3.05, 3.63) is 65.5 Å².